The molecule has 7 nitrogen and oxygen atoms in total. The van der Waals surface area contributed by atoms with Gasteiger partial charge in [-0.3, -0.25) is 5.41 Å². The second kappa shape index (κ2) is 8.82. The summed E-state index contributed by atoms with van der Waals surface area (Å²) in [4.78, 5) is 12.3. The van der Waals surface area contributed by atoms with E-state index in [4.69, 9.17) is 19.9 Å². The fourth-order valence-electron chi connectivity index (χ4n) is 3.40. The van der Waals surface area contributed by atoms with Crippen molar-refractivity contribution in [2.45, 2.75) is 26.8 Å². The highest BCUT2D eigenvalue weighted by molar-refractivity contribution is 5.77. The molecule has 30 heavy (non-hydrogen) atoms. The number of aryl methyl sites for hydroxylation is 2. The SMILES string of the molecule is CCOc1ccc(OCC)c(-c2nc3c([nH]2)c(=N)ncn3CCc2ccccc2)c1. The van der Waals surface area contributed by atoms with Crippen LogP contribution in [0.5, 0.6) is 11.5 Å². The predicted octanol–water partition coefficient (Wildman–Crippen LogP) is 3.95. The van der Waals surface area contributed by atoms with Crippen LogP contribution in [0.15, 0.2) is 54.9 Å². The molecule has 0 aliphatic heterocycles. The van der Waals surface area contributed by atoms with Gasteiger partial charge in [0.1, 0.15) is 22.8 Å². The molecule has 4 aromatic rings. The Hall–Kier alpha value is -3.61. The molecule has 0 radical (unpaired) electrons. The van der Waals surface area contributed by atoms with Crippen LogP contribution in [0.3, 0.4) is 0 Å². The third-order valence-corrected chi connectivity index (χ3v) is 4.82. The Kier molecular flexibility index (Phi) is 5.79. The maximum absolute atomic E-state index is 8.22. The third kappa shape index (κ3) is 4.05. The van der Waals surface area contributed by atoms with Crippen LogP contribution in [-0.2, 0) is 13.0 Å². The maximum Gasteiger partial charge on any atom is 0.173 e. The van der Waals surface area contributed by atoms with Crippen molar-refractivity contribution in [3.63, 3.8) is 0 Å². The number of nitrogens with zero attached hydrogens (tertiary/aromatic N) is 3. The fourth-order valence-corrected chi connectivity index (χ4v) is 3.40. The van der Waals surface area contributed by atoms with E-state index in [-0.39, 0.29) is 5.49 Å². The number of ether oxygens (including phenoxy) is 2. The lowest BCUT2D eigenvalue weighted by atomic mass is 10.1. The summed E-state index contributed by atoms with van der Waals surface area (Å²) < 4.78 is 13.4. The highest BCUT2D eigenvalue weighted by atomic mass is 16.5. The Balaban J connectivity index is 1.75. The fraction of sp³-hybridized carbons (Fsp3) is 0.261. The zero-order valence-corrected chi connectivity index (χ0v) is 17.2. The standard InChI is InChI=1S/C23H25N5O2/c1-3-29-17-10-11-19(30-4-2)18(14-17)22-26-20-21(24)25-15-28(23(20)27-22)13-12-16-8-6-5-7-9-16/h5-11,14-15,24H,3-4,12-13H2,1-2H3,(H,26,27). The Labute approximate surface area is 174 Å². The number of imidazole rings is 1. The van der Waals surface area contributed by atoms with E-state index in [9.17, 15) is 0 Å². The van der Waals surface area contributed by atoms with Gasteiger partial charge in [0.25, 0.3) is 0 Å². The molecular formula is C23H25N5O2. The minimum absolute atomic E-state index is 0.165. The maximum atomic E-state index is 8.22. The van der Waals surface area contributed by atoms with Crippen LogP contribution >= 0.6 is 0 Å². The number of aromatic nitrogens is 4. The van der Waals surface area contributed by atoms with E-state index in [1.807, 2.05) is 54.8 Å². The second-order valence-corrected chi connectivity index (χ2v) is 6.83. The molecule has 0 atom stereocenters. The van der Waals surface area contributed by atoms with Crippen molar-refractivity contribution in [3.8, 4) is 22.9 Å². The Morgan fingerprint density at radius 3 is 2.60 bits per heavy atom. The van der Waals surface area contributed by atoms with E-state index in [1.165, 1.54) is 5.56 Å². The van der Waals surface area contributed by atoms with Crippen molar-refractivity contribution in [3.05, 3.63) is 65.9 Å². The number of rotatable bonds is 8. The van der Waals surface area contributed by atoms with E-state index >= 15 is 0 Å². The molecule has 2 N–H and O–H groups in total. The summed E-state index contributed by atoms with van der Waals surface area (Å²) in [6.45, 7) is 5.74. The van der Waals surface area contributed by atoms with Gasteiger partial charge in [-0.05, 0) is 44.0 Å². The molecular weight excluding hydrogens is 378 g/mol. The van der Waals surface area contributed by atoms with E-state index < -0.39 is 0 Å². The van der Waals surface area contributed by atoms with Crippen molar-refractivity contribution in [2.75, 3.05) is 13.2 Å². The smallest absolute Gasteiger partial charge is 0.173 e. The number of fused-ring (bicyclic) bond motifs is 1. The number of hydrogen-bond acceptors (Lipinski definition) is 5. The summed E-state index contributed by atoms with van der Waals surface area (Å²) in [5, 5.41) is 8.22. The highest BCUT2D eigenvalue weighted by Crippen LogP contribution is 2.32. The molecule has 0 spiro atoms. The van der Waals surface area contributed by atoms with Gasteiger partial charge in [-0.1, -0.05) is 30.3 Å². The molecule has 0 fully saturated rings. The van der Waals surface area contributed by atoms with Gasteiger partial charge < -0.3 is 19.0 Å². The van der Waals surface area contributed by atoms with Crippen molar-refractivity contribution in [2.24, 2.45) is 0 Å². The zero-order valence-electron chi connectivity index (χ0n) is 17.2. The Morgan fingerprint density at radius 1 is 1.03 bits per heavy atom. The summed E-state index contributed by atoms with van der Waals surface area (Å²) in [5.74, 6) is 2.10. The zero-order chi connectivity index (χ0) is 20.9. The van der Waals surface area contributed by atoms with Crippen LogP contribution in [0.4, 0.5) is 0 Å². The molecule has 0 aliphatic rings. The number of aromatic amines is 1. The van der Waals surface area contributed by atoms with Crippen LogP contribution in [0.1, 0.15) is 19.4 Å². The van der Waals surface area contributed by atoms with Gasteiger partial charge in [0.2, 0.25) is 0 Å². The highest BCUT2D eigenvalue weighted by Gasteiger charge is 2.15. The van der Waals surface area contributed by atoms with Crippen LogP contribution in [-0.4, -0.2) is 32.7 Å². The summed E-state index contributed by atoms with van der Waals surface area (Å²) in [5.41, 5.74) is 3.51. The Bertz CT molecular complexity index is 1200. The van der Waals surface area contributed by atoms with Gasteiger partial charge in [0.15, 0.2) is 11.1 Å². The quantitative estimate of drug-likeness (QED) is 0.466. The van der Waals surface area contributed by atoms with Gasteiger partial charge in [0.05, 0.1) is 25.1 Å². The largest absolute Gasteiger partial charge is 0.494 e. The summed E-state index contributed by atoms with van der Waals surface area (Å²) in [6, 6.07) is 16.0. The third-order valence-electron chi connectivity index (χ3n) is 4.82. The summed E-state index contributed by atoms with van der Waals surface area (Å²) in [6.07, 6.45) is 2.53. The first-order chi connectivity index (χ1) is 14.7. The average Bonchev–Trinajstić information content (AvgIpc) is 3.22. The molecule has 154 valence electrons. The van der Waals surface area contributed by atoms with Crippen LogP contribution < -0.4 is 15.0 Å². The van der Waals surface area contributed by atoms with E-state index in [0.29, 0.717) is 30.2 Å². The van der Waals surface area contributed by atoms with Crippen molar-refractivity contribution < 1.29 is 9.47 Å². The monoisotopic (exact) mass is 403 g/mol. The average molecular weight is 403 g/mol. The van der Waals surface area contributed by atoms with Gasteiger partial charge in [0, 0.05) is 6.54 Å². The molecule has 0 bridgehead atoms. The minimum atomic E-state index is 0.165. The first-order valence-electron chi connectivity index (χ1n) is 10.1. The minimum Gasteiger partial charge on any atom is -0.494 e. The lowest BCUT2D eigenvalue weighted by molar-refractivity contribution is 0.331. The Morgan fingerprint density at radius 2 is 1.83 bits per heavy atom. The molecule has 4 rings (SSSR count). The molecule has 2 aromatic carbocycles. The van der Waals surface area contributed by atoms with Crippen LogP contribution in [0.25, 0.3) is 22.6 Å². The van der Waals surface area contributed by atoms with Crippen molar-refractivity contribution >= 4 is 11.2 Å². The first-order valence-corrected chi connectivity index (χ1v) is 10.1. The van der Waals surface area contributed by atoms with Crippen LogP contribution in [0.2, 0.25) is 0 Å². The molecule has 2 aromatic heterocycles. The number of hydrogen-bond donors (Lipinski definition) is 2. The molecule has 7 heteroatoms. The van der Waals surface area contributed by atoms with Gasteiger partial charge in [-0.25, -0.2) is 9.97 Å². The second-order valence-electron chi connectivity index (χ2n) is 6.83. The summed E-state index contributed by atoms with van der Waals surface area (Å²) >= 11 is 0. The van der Waals surface area contributed by atoms with E-state index in [1.54, 1.807) is 6.33 Å². The normalized spacial score (nSPS) is 11.0. The first kappa shape index (κ1) is 19.7. The van der Waals surface area contributed by atoms with Crippen molar-refractivity contribution in [1.82, 2.24) is 19.5 Å². The molecule has 0 saturated heterocycles. The lowest BCUT2D eigenvalue weighted by Gasteiger charge is -2.11. The van der Waals surface area contributed by atoms with Gasteiger partial charge in [-0.2, -0.15) is 0 Å². The number of benzene rings is 2. The van der Waals surface area contributed by atoms with Crippen molar-refractivity contribution in [1.29, 1.82) is 5.41 Å². The molecule has 0 unspecified atom stereocenters. The topological polar surface area (TPSA) is 88.8 Å². The summed E-state index contributed by atoms with van der Waals surface area (Å²) in [7, 11) is 0. The number of nitrogens with one attached hydrogen (secondary N) is 2. The van der Waals surface area contributed by atoms with Gasteiger partial charge in [-0.15, -0.1) is 0 Å². The van der Waals surface area contributed by atoms with E-state index in [2.05, 4.69) is 22.1 Å². The molecule has 0 aliphatic carbocycles. The van der Waals surface area contributed by atoms with Gasteiger partial charge >= 0.3 is 0 Å². The molecule has 0 amide bonds. The molecule has 0 saturated carbocycles. The number of H-pyrrole nitrogens is 1. The van der Waals surface area contributed by atoms with E-state index in [0.717, 1.165) is 30.0 Å². The lowest BCUT2D eigenvalue weighted by Crippen LogP contribution is -2.13. The predicted molar refractivity (Wildman–Crippen MR) is 116 cm³/mol. The molecule has 2 heterocycles. The van der Waals surface area contributed by atoms with Crippen LogP contribution in [0, 0.1) is 5.41 Å².